The van der Waals surface area contributed by atoms with Crippen molar-refractivity contribution in [2.75, 3.05) is 0 Å². The van der Waals surface area contributed by atoms with E-state index < -0.39 is 0 Å². The third kappa shape index (κ3) is 1.55. The van der Waals surface area contributed by atoms with E-state index in [4.69, 9.17) is 4.98 Å². The van der Waals surface area contributed by atoms with Gasteiger partial charge in [0.1, 0.15) is 5.01 Å². The second kappa shape index (κ2) is 3.90. The van der Waals surface area contributed by atoms with Gasteiger partial charge in [-0.15, -0.1) is 11.3 Å². The molecule has 2 nitrogen and oxygen atoms in total. The minimum atomic E-state index is 0.980. The number of para-hydroxylation sites is 1. The summed E-state index contributed by atoms with van der Waals surface area (Å²) in [6.07, 6.45) is 0. The zero-order valence-electron chi connectivity index (χ0n) is 9.81. The highest BCUT2D eigenvalue weighted by Gasteiger charge is 2.12. The second-order valence-corrected chi connectivity index (χ2v) is 5.60. The third-order valence-corrected chi connectivity index (χ3v) is 4.46. The zero-order valence-corrected chi connectivity index (χ0v) is 10.6. The van der Waals surface area contributed by atoms with Crippen LogP contribution in [0.3, 0.4) is 0 Å². The van der Waals surface area contributed by atoms with Crippen LogP contribution < -0.4 is 5.32 Å². The van der Waals surface area contributed by atoms with Crippen LogP contribution in [0, 0.1) is 0 Å². The Morgan fingerprint density at radius 2 is 1.89 bits per heavy atom. The van der Waals surface area contributed by atoms with Gasteiger partial charge < -0.3 is 5.32 Å². The van der Waals surface area contributed by atoms with Gasteiger partial charge in [-0.1, -0.05) is 24.3 Å². The minimum Gasteiger partial charge on any atom is -0.309 e. The summed E-state index contributed by atoms with van der Waals surface area (Å²) in [5.74, 6) is 0. The molecule has 0 radical (unpaired) electrons. The van der Waals surface area contributed by atoms with E-state index in [1.165, 1.54) is 21.4 Å². The number of rotatable bonds is 1. The molecule has 88 valence electrons. The van der Waals surface area contributed by atoms with Gasteiger partial charge in [0.15, 0.2) is 0 Å². The standard InChI is InChI=1S/C15H12N2S/c1-2-4-14-13(3-1)17-15(18-14)10-5-6-11-8-16-9-12(11)7-10/h1-7,16H,8-9H2. The first kappa shape index (κ1) is 10.2. The SMILES string of the molecule is c1ccc2sc(-c3ccc4c(c3)CNC4)nc2c1. The van der Waals surface area contributed by atoms with Crippen LogP contribution in [0.1, 0.15) is 11.1 Å². The Labute approximate surface area is 109 Å². The monoisotopic (exact) mass is 252 g/mol. The summed E-state index contributed by atoms with van der Waals surface area (Å²) >= 11 is 1.76. The maximum Gasteiger partial charge on any atom is 0.124 e. The molecule has 2 heterocycles. The number of nitrogens with one attached hydrogen (secondary N) is 1. The molecule has 0 atom stereocenters. The number of benzene rings is 2. The Kier molecular flexibility index (Phi) is 2.22. The molecule has 0 aliphatic carbocycles. The smallest absolute Gasteiger partial charge is 0.124 e. The van der Waals surface area contributed by atoms with Crippen LogP contribution in [-0.4, -0.2) is 4.98 Å². The van der Waals surface area contributed by atoms with Crippen molar-refractivity contribution in [3.63, 3.8) is 0 Å². The predicted octanol–water partition coefficient (Wildman–Crippen LogP) is 3.57. The molecule has 2 aromatic carbocycles. The lowest BCUT2D eigenvalue weighted by Crippen LogP contribution is -1.99. The van der Waals surface area contributed by atoms with E-state index in [2.05, 4.69) is 41.7 Å². The Morgan fingerprint density at radius 3 is 2.83 bits per heavy atom. The van der Waals surface area contributed by atoms with Crippen LogP contribution >= 0.6 is 11.3 Å². The summed E-state index contributed by atoms with van der Waals surface area (Å²) in [6, 6.07) is 15.0. The molecule has 1 aromatic heterocycles. The van der Waals surface area contributed by atoms with E-state index in [1.54, 1.807) is 11.3 Å². The summed E-state index contributed by atoms with van der Waals surface area (Å²) in [7, 11) is 0. The van der Waals surface area contributed by atoms with Gasteiger partial charge in [-0.05, 0) is 29.3 Å². The van der Waals surface area contributed by atoms with Crippen molar-refractivity contribution in [1.82, 2.24) is 10.3 Å². The Hall–Kier alpha value is -1.71. The lowest BCUT2D eigenvalue weighted by molar-refractivity contribution is 0.765. The van der Waals surface area contributed by atoms with Crippen LogP contribution in [0.15, 0.2) is 42.5 Å². The van der Waals surface area contributed by atoms with Crippen molar-refractivity contribution in [2.24, 2.45) is 0 Å². The van der Waals surface area contributed by atoms with Crippen molar-refractivity contribution >= 4 is 21.6 Å². The molecule has 3 heteroatoms. The molecule has 1 aliphatic rings. The van der Waals surface area contributed by atoms with Gasteiger partial charge in [0.2, 0.25) is 0 Å². The third-order valence-electron chi connectivity index (χ3n) is 3.38. The van der Waals surface area contributed by atoms with Crippen LogP contribution in [0.5, 0.6) is 0 Å². The van der Waals surface area contributed by atoms with Crippen molar-refractivity contribution < 1.29 is 0 Å². The van der Waals surface area contributed by atoms with Crippen molar-refractivity contribution in [3.05, 3.63) is 53.6 Å². The molecule has 0 spiro atoms. The molecular formula is C15H12N2S. The highest BCUT2D eigenvalue weighted by molar-refractivity contribution is 7.21. The van der Waals surface area contributed by atoms with Gasteiger partial charge in [-0.3, -0.25) is 0 Å². The molecule has 4 rings (SSSR count). The quantitative estimate of drug-likeness (QED) is 0.716. The molecular weight excluding hydrogens is 240 g/mol. The summed E-state index contributed by atoms with van der Waals surface area (Å²) in [6.45, 7) is 1.98. The number of fused-ring (bicyclic) bond motifs is 2. The number of thiazole rings is 1. The van der Waals surface area contributed by atoms with E-state index in [0.717, 1.165) is 23.6 Å². The fraction of sp³-hybridized carbons (Fsp3) is 0.133. The van der Waals surface area contributed by atoms with Gasteiger partial charge in [0, 0.05) is 18.7 Å². The van der Waals surface area contributed by atoms with Gasteiger partial charge in [-0.25, -0.2) is 4.98 Å². The molecule has 0 saturated heterocycles. The average Bonchev–Trinajstić information content (AvgIpc) is 3.04. The maximum atomic E-state index is 4.71. The number of nitrogens with zero attached hydrogens (tertiary/aromatic N) is 1. The van der Waals surface area contributed by atoms with E-state index >= 15 is 0 Å². The highest BCUT2D eigenvalue weighted by atomic mass is 32.1. The lowest BCUT2D eigenvalue weighted by Gasteiger charge is -2.00. The van der Waals surface area contributed by atoms with Crippen molar-refractivity contribution in [1.29, 1.82) is 0 Å². The summed E-state index contributed by atoms with van der Waals surface area (Å²) in [5.41, 5.74) is 5.15. The summed E-state index contributed by atoms with van der Waals surface area (Å²) in [5, 5.41) is 4.49. The molecule has 1 N–H and O–H groups in total. The topological polar surface area (TPSA) is 24.9 Å². The second-order valence-electron chi connectivity index (χ2n) is 4.57. The first-order valence-electron chi connectivity index (χ1n) is 6.09. The molecule has 1 aliphatic heterocycles. The lowest BCUT2D eigenvalue weighted by atomic mass is 10.1. The van der Waals surface area contributed by atoms with Crippen LogP contribution in [-0.2, 0) is 13.1 Å². The molecule has 3 aromatic rings. The van der Waals surface area contributed by atoms with Crippen LogP contribution in [0.2, 0.25) is 0 Å². The Bertz CT molecular complexity index is 697. The van der Waals surface area contributed by atoms with Gasteiger partial charge >= 0.3 is 0 Å². The van der Waals surface area contributed by atoms with Crippen molar-refractivity contribution in [3.8, 4) is 10.6 Å². The number of aromatic nitrogens is 1. The fourth-order valence-electron chi connectivity index (χ4n) is 2.42. The molecule has 18 heavy (non-hydrogen) atoms. The van der Waals surface area contributed by atoms with Crippen molar-refractivity contribution in [2.45, 2.75) is 13.1 Å². The Balaban J connectivity index is 1.86. The van der Waals surface area contributed by atoms with E-state index in [0.29, 0.717) is 0 Å². The molecule has 0 fully saturated rings. The number of hydrogen-bond acceptors (Lipinski definition) is 3. The Morgan fingerprint density at radius 1 is 1.00 bits per heavy atom. The summed E-state index contributed by atoms with van der Waals surface area (Å²) in [4.78, 5) is 4.71. The van der Waals surface area contributed by atoms with Gasteiger partial charge in [0.25, 0.3) is 0 Å². The van der Waals surface area contributed by atoms with Crippen LogP contribution in [0.25, 0.3) is 20.8 Å². The van der Waals surface area contributed by atoms with E-state index in [9.17, 15) is 0 Å². The zero-order chi connectivity index (χ0) is 11.9. The maximum absolute atomic E-state index is 4.71. The van der Waals surface area contributed by atoms with Gasteiger partial charge in [0.05, 0.1) is 10.2 Å². The molecule has 0 unspecified atom stereocenters. The van der Waals surface area contributed by atoms with Crippen LogP contribution in [0.4, 0.5) is 0 Å². The first-order valence-corrected chi connectivity index (χ1v) is 6.90. The molecule has 0 amide bonds. The normalized spacial score (nSPS) is 14.0. The van der Waals surface area contributed by atoms with E-state index in [1.807, 2.05) is 6.07 Å². The van der Waals surface area contributed by atoms with E-state index in [-0.39, 0.29) is 0 Å². The fourth-order valence-corrected chi connectivity index (χ4v) is 3.39. The number of hydrogen-bond donors (Lipinski definition) is 1. The summed E-state index contributed by atoms with van der Waals surface area (Å²) < 4.78 is 1.26. The predicted molar refractivity (Wildman–Crippen MR) is 75.6 cm³/mol. The highest BCUT2D eigenvalue weighted by Crippen LogP contribution is 2.31. The van der Waals surface area contributed by atoms with Gasteiger partial charge in [-0.2, -0.15) is 0 Å². The molecule has 0 saturated carbocycles. The average molecular weight is 252 g/mol. The first-order chi connectivity index (χ1) is 8.90. The minimum absolute atomic E-state index is 0.980. The molecule has 0 bridgehead atoms. The largest absolute Gasteiger partial charge is 0.309 e.